The lowest BCUT2D eigenvalue weighted by Crippen LogP contribution is -2.18. The van der Waals surface area contributed by atoms with E-state index in [1.54, 1.807) is 12.1 Å². The Balaban J connectivity index is 1.92. The van der Waals surface area contributed by atoms with Crippen molar-refractivity contribution in [3.8, 4) is 0 Å². The number of rotatable bonds is 2. The molecule has 0 radical (unpaired) electrons. The maximum atomic E-state index is 12.9. The van der Waals surface area contributed by atoms with Crippen molar-refractivity contribution in [3.63, 3.8) is 0 Å². The zero-order chi connectivity index (χ0) is 18.4. The van der Waals surface area contributed by atoms with E-state index in [1.807, 2.05) is 36.4 Å². The average Bonchev–Trinajstić information content (AvgIpc) is 2.60. The largest absolute Gasteiger partial charge is 0.288 e. The molecule has 2 aromatic carbocycles. The Kier molecular flexibility index (Phi) is 4.64. The van der Waals surface area contributed by atoms with Gasteiger partial charge in [0.15, 0.2) is 0 Å². The van der Waals surface area contributed by atoms with Crippen LogP contribution in [0.25, 0.3) is 20.2 Å². The summed E-state index contributed by atoms with van der Waals surface area (Å²) in [4.78, 5) is 37.8. The number of halogens is 2. The number of benzene rings is 2. The van der Waals surface area contributed by atoms with Crippen LogP contribution >= 0.6 is 54.5 Å². The molecule has 0 unspecified atom stereocenters. The van der Waals surface area contributed by atoms with Gasteiger partial charge in [-0.1, -0.05) is 54.5 Å². The van der Waals surface area contributed by atoms with E-state index in [4.69, 9.17) is 0 Å². The highest BCUT2D eigenvalue weighted by atomic mass is 79.9. The smallest absolute Gasteiger partial charge is 0.244 e. The van der Waals surface area contributed by atoms with Crippen LogP contribution in [0.5, 0.6) is 0 Å². The van der Waals surface area contributed by atoms with Crippen molar-refractivity contribution in [3.05, 3.63) is 87.7 Å². The lowest BCUT2D eigenvalue weighted by atomic mass is 10.1. The Labute approximate surface area is 172 Å². The van der Waals surface area contributed by atoms with Crippen LogP contribution in [0.2, 0.25) is 0 Å². The molecular weight excluding hydrogens is 500 g/mol. The molecule has 0 aliphatic rings. The summed E-state index contributed by atoms with van der Waals surface area (Å²) in [7, 11) is 0. The van der Waals surface area contributed by atoms with Gasteiger partial charge in [-0.05, 0) is 59.3 Å². The Bertz CT molecular complexity index is 1220. The molecule has 2 aromatic heterocycles. The van der Waals surface area contributed by atoms with Crippen LogP contribution in [0.3, 0.4) is 0 Å². The molecule has 0 atom stereocenters. The summed E-state index contributed by atoms with van der Waals surface area (Å²) < 4.78 is 2.62. The van der Waals surface area contributed by atoms with Gasteiger partial charge in [-0.2, -0.15) is 0 Å². The third-order valence-electron chi connectivity index (χ3n) is 3.88. The second-order valence-electron chi connectivity index (χ2n) is 5.59. The molecule has 3 nitrogen and oxygen atoms in total. The highest BCUT2D eigenvalue weighted by Crippen LogP contribution is 2.25. The molecule has 0 amide bonds. The van der Waals surface area contributed by atoms with Gasteiger partial charge >= 0.3 is 0 Å². The zero-order valence-corrected chi connectivity index (χ0v) is 17.7. The second kappa shape index (κ2) is 6.81. The van der Waals surface area contributed by atoms with Crippen molar-refractivity contribution in [2.24, 2.45) is 0 Å². The molecule has 0 fully saturated rings. The SMILES string of the molecule is O=C(c1cc2cc(Br)ccc2sc1=O)c1cc2cc(Br)ccc2sc1=O. The number of hydrogen-bond donors (Lipinski definition) is 0. The van der Waals surface area contributed by atoms with E-state index in [2.05, 4.69) is 31.9 Å². The summed E-state index contributed by atoms with van der Waals surface area (Å²) in [6, 6.07) is 14.2. The molecule has 0 bridgehead atoms. The fourth-order valence-corrected chi connectivity index (χ4v) is 5.07. The monoisotopic (exact) mass is 506 g/mol. The standard InChI is InChI=1S/C19H8Br2O3S2/c20-11-1-3-15-9(5-11)7-13(18(23)25-15)17(22)14-8-10-6-12(21)2-4-16(10)26-19(14)24/h1-8H. The highest BCUT2D eigenvalue weighted by Gasteiger charge is 2.18. The van der Waals surface area contributed by atoms with E-state index in [1.165, 1.54) is 0 Å². The Morgan fingerprint density at radius 1 is 0.692 bits per heavy atom. The third-order valence-corrected chi connectivity index (χ3v) is 6.86. The number of hydrogen-bond acceptors (Lipinski definition) is 5. The van der Waals surface area contributed by atoms with Gasteiger partial charge in [-0.15, -0.1) is 0 Å². The van der Waals surface area contributed by atoms with Crippen LogP contribution in [0.4, 0.5) is 0 Å². The first kappa shape index (κ1) is 17.7. The van der Waals surface area contributed by atoms with Crippen molar-refractivity contribution in [2.45, 2.75) is 0 Å². The van der Waals surface area contributed by atoms with E-state index >= 15 is 0 Å². The van der Waals surface area contributed by atoms with Crippen molar-refractivity contribution < 1.29 is 4.79 Å². The van der Waals surface area contributed by atoms with E-state index < -0.39 is 5.78 Å². The number of carbonyl (C=O) groups excluding carboxylic acids is 1. The van der Waals surface area contributed by atoms with Gasteiger partial charge in [0.1, 0.15) is 0 Å². The molecule has 0 N–H and O–H groups in total. The van der Waals surface area contributed by atoms with Gasteiger partial charge in [0.25, 0.3) is 0 Å². The van der Waals surface area contributed by atoms with E-state index in [0.717, 1.165) is 51.8 Å². The van der Waals surface area contributed by atoms with Crippen LogP contribution in [0.1, 0.15) is 15.9 Å². The number of fused-ring (bicyclic) bond motifs is 2. The summed E-state index contributed by atoms with van der Waals surface area (Å²) in [5, 5.41) is 1.57. The quantitative estimate of drug-likeness (QED) is 0.332. The minimum Gasteiger partial charge on any atom is -0.288 e. The molecular formula is C19H8Br2O3S2. The molecule has 7 heteroatoms. The topological polar surface area (TPSA) is 51.2 Å². The lowest BCUT2D eigenvalue weighted by Gasteiger charge is -2.04. The first-order chi connectivity index (χ1) is 12.4. The first-order valence-electron chi connectivity index (χ1n) is 7.44. The molecule has 0 aliphatic heterocycles. The molecule has 4 aromatic rings. The molecule has 0 saturated heterocycles. The molecule has 4 rings (SSSR count). The Hall–Kier alpha value is -1.67. The van der Waals surface area contributed by atoms with Gasteiger partial charge in [0.05, 0.1) is 11.1 Å². The van der Waals surface area contributed by atoms with Gasteiger partial charge in [-0.3, -0.25) is 14.4 Å². The summed E-state index contributed by atoms with van der Waals surface area (Å²) in [6.07, 6.45) is 0. The maximum absolute atomic E-state index is 12.9. The van der Waals surface area contributed by atoms with Crippen LogP contribution in [-0.4, -0.2) is 5.78 Å². The third kappa shape index (κ3) is 3.20. The minimum atomic E-state index is -0.531. The van der Waals surface area contributed by atoms with E-state index in [0.29, 0.717) is 0 Å². The van der Waals surface area contributed by atoms with E-state index in [9.17, 15) is 14.4 Å². The van der Waals surface area contributed by atoms with Crippen LogP contribution < -0.4 is 9.48 Å². The molecule has 128 valence electrons. The Morgan fingerprint density at radius 2 is 1.12 bits per heavy atom. The summed E-state index contributed by atoms with van der Waals surface area (Å²) in [5.41, 5.74) is 0.0542. The summed E-state index contributed by atoms with van der Waals surface area (Å²) in [6.45, 7) is 0. The fourth-order valence-electron chi connectivity index (χ4n) is 2.65. The molecule has 0 saturated carbocycles. The van der Waals surface area contributed by atoms with Gasteiger partial charge in [0.2, 0.25) is 15.3 Å². The number of ketones is 1. The lowest BCUT2D eigenvalue weighted by molar-refractivity contribution is 0.103. The first-order valence-corrected chi connectivity index (χ1v) is 10.7. The Morgan fingerprint density at radius 3 is 1.54 bits per heavy atom. The van der Waals surface area contributed by atoms with Crippen LogP contribution in [-0.2, 0) is 0 Å². The van der Waals surface area contributed by atoms with Gasteiger partial charge < -0.3 is 0 Å². The molecule has 26 heavy (non-hydrogen) atoms. The van der Waals surface area contributed by atoms with Crippen LogP contribution in [0.15, 0.2) is 67.1 Å². The highest BCUT2D eigenvalue weighted by molar-refractivity contribution is 9.10. The normalized spacial score (nSPS) is 11.2. The maximum Gasteiger partial charge on any atom is 0.244 e. The van der Waals surface area contributed by atoms with Crippen molar-refractivity contribution >= 4 is 80.5 Å². The molecule has 0 aliphatic carbocycles. The predicted octanol–water partition coefficient (Wildman–Crippen LogP) is 5.59. The van der Waals surface area contributed by atoms with Crippen LogP contribution in [0, 0.1) is 0 Å². The zero-order valence-electron chi connectivity index (χ0n) is 12.9. The summed E-state index contributed by atoms with van der Waals surface area (Å²) >= 11 is 8.80. The summed E-state index contributed by atoms with van der Waals surface area (Å²) in [5.74, 6) is -0.531. The predicted molar refractivity (Wildman–Crippen MR) is 115 cm³/mol. The number of carbonyl (C=O) groups is 1. The van der Waals surface area contributed by atoms with Gasteiger partial charge in [-0.25, -0.2) is 0 Å². The molecule has 2 heterocycles. The van der Waals surface area contributed by atoms with Gasteiger partial charge in [0, 0.05) is 18.3 Å². The van der Waals surface area contributed by atoms with Crippen molar-refractivity contribution in [1.82, 2.24) is 0 Å². The van der Waals surface area contributed by atoms with Crippen molar-refractivity contribution in [1.29, 1.82) is 0 Å². The minimum absolute atomic E-state index is 0.0271. The second-order valence-corrected chi connectivity index (χ2v) is 9.45. The van der Waals surface area contributed by atoms with E-state index in [-0.39, 0.29) is 20.6 Å². The van der Waals surface area contributed by atoms with Crippen molar-refractivity contribution in [2.75, 3.05) is 0 Å². The fraction of sp³-hybridized carbons (Fsp3) is 0. The molecule has 0 spiro atoms. The average molecular weight is 508 g/mol.